The van der Waals surface area contributed by atoms with Crippen LogP contribution in [-0.2, 0) is 22.5 Å². The van der Waals surface area contributed by atoms with Crippen molar-refractivity contribution in [3.8, 4) is 11.5 Å². The Bertz CT molecular complexity index is 1470. The number of fused-ring (bicyclic) bond motifs is 1. The van der Waals surface area contributed by atoms with Gasteiger partial charge in [-0.2, -0.15) is 0 Å². The zero-order valence-corrected chi connectivity index (χ0v) is 22.5. The van der Waals surface area contributed by atoms with Crippen LogP contribution in [0.25, 0.3) is 0 Å². The van der Waals surface area contributed by atoms with Crippen molar-refractivity contribution in [1.29, 1.82) is 0 Å². The maximum Gasteiger partial charge on any atom is 0.413 e. The molecule has 3 aromatic rings. The third-order valence-electron chi connectivity index (χ3n) is 8.07. The standard InChI is InChI=1S/C29H31FN6O4/c1-34(28(38)39-2)23-13-21(30)5-6-24(23)40-25-14-31-18-32-27(25)36-10-8-29(17-36)7-9-35(16-29)15-19-3-4-20-12-26(37)33-22(20)11-19/h3-6,11,13-14,18H,7-10,12,15-17H2,1-2H3,(H,33,37). The predicted octanol–water partition coefficient (Wildman–Crippen LogP) is 4.21. The lowest BCUT2D eigenvalue weighted by Crippen LogP contribution is -2.31. The second-order valence-electron chi connectivity index (χ2n) is 10.8. The zero-order valence-electron chi connectivity index (χ0n) is 22.5. The van der Waals surface area contributed by atoms with Crippen LogP contribution in [0.3, 0.4) is 0 Å². The summed E-state index contributed by atoms with van der Waals surface area (Å²) in [6, 6.07) is 10.3. The largest absolute Gasteiger partial charge is 0.452 e. The van der Waals surface area contributed by atoms with Gasteiger partial charge in [0.15, 0.2) is 17.3 Å². The molecule has 0 radical (unpaired) electrons. The average molecular weight is 547 g/mol. The summed E-state index contributed by atoms with van der Waals surface area (Å²) in [5.74, 6) is 0.935. The Morgan fingerprint density at radius 3 is 2.85 bits per heavy atom. The highest BCUT2D eigenvalue weighted by Crippen LogP contribution is 2.44. The van der Waals surface area contributed by atoms with Gasteiger partial charge in [-0.3, -0.25) is 14.6 Å². The van der Waals surface area contributed by atoms with E-state index in [2.05, 4.69) is 43.3 Å². The molecule has 208 valence electrons. The summed E-state index contributed by atoms with van der Waals surface area (Å²) < 4.78 is 25.1. The number of anilines is 3. The first-order chi connectivity index (χ1) is 19.3. The molecule has 1 aromatic heterocycles. The van der Waals surface area contributed by atoms with Crippen LogP contribution in [0.4, 0.5) is 26.4 Å². The second kappa shape index (κ2) is 10.4. The van der Waals surface area contributed by atoms with Crippen LogP contribution >= 0.6 is 0 Å². The summed E-state index contributed by atoms with van der Waals surface area (Å²) >= 11 is 0. The van der Waals surface area contributed by atoms with Gasteiger partial charge in [0, 0.05) is 50.4 Å². The highest BCUT2D eigenvalue weighted by molar-refractivity contribution is 5.99. The van der Waals surface area contributed by atoms with Gasteiger partial charge in [-0.05, 0) is 48.7 Å². The topological polar surface area (TPSA) is 100 Å². The number of likely N-dealkylation sites (tertiary alicyclic amines) is 1. The van der Waals surface area contributed by atoms with Gasteiger partial charge in [-0.1, -0.05) is 12.1 Å². The smallest absolute Gasteiger partial charge is 0.413 e. The third kappa shape index (κ3) is 5.04. The molecule has 3 aliphatic heterocycles. The van der Waals surface area contributed by atoms with E-state index in [0.29, 0.717) is 18.0 Å². The number of carbonyl (C=O) groups excluding carboxylic acids is 2. The predicted molar refractivity (Wildman–Crippen MR) is 147 cm³/mol. The molecule has 1 atom stereocenters. The average Bonchev–Trinajstić information content (AvgIpc) is 3.66. The van der Waals surface area contributed by atoms with E-state index in [4.69, 9.17) is 9.47 Å². The van der Waals surface area contributed by atoms with Crippen molar-refractivity contribution in [3.05, 3.63) is 65.9 Å². The van der Waals surface area contributed by atoms with E-state index in [0.717, 1.165) is 56.8 Å². The van der Waals surface area contributed by atoms with E-state index in [1.807, 2.05) is 0 Å². The van der Waals surface area contributed by atoms with E-state index < -0.39 is 11.9 Å². The normalized spacial score (nSPS) is 20.1. The monoisotopic (exact) mass is 546 g/mol. The van der Waals surface area contributed by atoms with E-state index in [-0.39, 0.29) is 22.8 Å². The van der Waals surface area contributed by atoms with Crippen molar-refractivity contribution in [2.45, 2.75) is 25.8 Å². The summed E-state index contributed by atoms with van der Waals surface area (Å²) in [6.45, 7) is 4.47. The number of nitrogens with one attached hydrogen (secondary N) is 1. The van der Waals surface area contributed by atoms with Crippen LogP contribution in [0.5, 0.6) is 11.5 Å². The van der Waals surface area contributed by atoms with Crippen molar-refractivity contribution in [1.82, 2.24) is 14.9 Å². The van der Waals surface area contributed by atoms with Crippen molar-refractivity contribution in [2.24, 2.45) is 5.41 Å². The fourth-order valence-corrected chi connectivity index (χ4v) is 6.04. The molecule has 0 bridgehead atoms. The molecule has 0 saturated carbocycles. The highest BCUT2D eigenvalue weighted by Gasteiger charge is 2.44. The molecule has 3 aliphatic rings. The Labute approximate surface area is 231 Å². The summed E-state index contributed by atoms with van der Waals surface area (Å²) in [5, 5.41) is 2.95. The van der Waals surface area contributed by atoms with Gasteiger partial charge in [-0.15, -0.1) is 0 Å². The molecular formula is C29H31FN6O4. The number of amides is 2. The number of hydrogen-bond donors (Lipinski definition) is 1. The molecule has 2 aromatic carbocycles. The number of ether oxygens (including phenoxy) is 2. The fraction of sp³-hybridized carbons (Fsp3) is 0.379. The molecular weight excluding hydrogens is 515 g/mol. The van der Waals surface area contributed by atoms with Crippen LogP contribution in [0.15, 0.2) is 48.9 Å². The Morgan fingerprint density at radius 2 is 2.00 bits per heavy atom. The van der Waals surface area contributed by atoms with Crippen LogP contribution in [0.1, 0.15) is 24.0 Å². The molecule has 6 rings (SSSR count). The van der Waals surface area contributed by atoms with E-state index >= 15 is 0 Å². The van der Waals surface area contributed by atoms with Gasteiger partial charge >= 0.3 is 6.09 Å². The SMILES string of the molecule is COC(=O)N(C)c1cc(F)ccc1Oc1cncnc1N1CCC2(CCN(Cc3ccc4c(c3)NC(=O)C4)C2)C1. The summed E-state index contributed by atoms with van der Waals surface area (Å²) in [6.07, 6.45) is 5.01. The Balaban J connectivity index is 1.16. The van der Waals surface area contributed by atoms with E-state index in [9.17, 15) is 14.0 Å². The van der Waals surface area contributed by atoms with Crippen LogP contribution in [0, 0.1) is 11.2 Å². The lowest BCUT2D eigenvalue weighted by molar-refractivity contribution is -0.115. The lowest BCUT2D eigenvalue weighted by Gasteiger charge is -2.26. The maximum absolute atomic E-state index is 14.1. The van der Waals surface area contributed by atoms with E-state index in [1.165, 1.54) is 49.1 Å². The minimum Gasteiger partial charge on any atom is -0.452 e. The summed E-state index contributed by atoms with van der Waals surface area (Å²) in [5.41, 5.74) is 3.57. The van der Waals surface area contributed by atoms with E-state index in [1.54, 1.807) is 6.20 Å². The lowest BCUT2D eigenvalue weighted by atomic mass is 9.86. The molecule has 11 heteroatoms. The molecule has 10 nitrogen and oxygen atoms in total. The molecule has 1 unspecified atom stereocenters. The number of rotatable bonds is 6. The van der Waals surface area contributed by atoms with Crippen molar-refractivity contribution in [2.75, 3.05) is 55.5 Å². The minimum atomic E-state index is -0.642. The molecule has 1 N–H and O–H groups in total. The molecule has 1 spiro atoms. The van der Waals surface area contributed by atoms with Gasteiger partial charge < -0.3 is 19.7 Å². The van der Waals surface area contributed by atoms with Crippen molar-refractivity contribution in [3.63, 3.8) is 0 Å². The Kier molecular flexibility index (Phi) is 6.75. The first-order valence-corrected chi connectivity index (χ1v) is 13.3. The number of aromatic nitrogens is 2. The molecule has 2 amide bonds. The van der Waals surface area contributed by atoms with Crippen LogP contribution in [-0.4, -0.2) is 67.2 Å². The van der Waals surface area contributed by atoms with Gasteiger partial charge in [0.2, 0.25) is 5.91 Å². The first kappa shape index (κ1) is 26.0. The number of nitrogens with zero attached hydrogens (tertiary/aromatic N) is 5. The molecule has 4 heterocycles. The third-order valence-corrected chi connectivity index (χ3v) is 8.07. The van der Waals surface area contributed by atoms with Crippen molar-refractivity contribution < 1.29 is 23.5 Å². The fourth-order valence-electron chi connectivity index (χ4n) is 6.04. The highest BCUT2D eigenvalue weighted by atomic mass is 19.1. The molecule has 2 fully saturated rings. The maximum atomic E-state index is 14.1. The quantitative estimate of drug-likeness (QED) is 0.491. The number of benzene rings is 2. The first-order valence-electron chi connectivity index (χ1n) is 13.3. The molecule has 2 saturated heterocycles. The number of methoxy groups -OCH3 is 1. The molecule has 0 aliphatic carbocycles. The van der Waals surface area contributed by atoms with Crippen LogP contribution in [0.2, 0.25) is 0 Å². The zero-order chi connectivity index (χ0) is 27.9. The number of carbonyl (C=O) groups is 2. The Morgan fingerprint density at radius 1 is 1.15 bits per heavy atom. The summed E-state index contributed by atoms with van der Waals surface area (Å²) in [7, 11) is 2.75. The number of hydrogen-bond acceptors (Lipinski definition) is 8. The molecule has 40 heavy (non-hydrogen) atoms. The van der Waals surface area contributed by atoms with Crippen LogP contribution < -0.4 is 19.9 Å². The van der Waals surface area contributed by atoms with Gasteiger partial charge in [-0.25, -0.2) is 19.2 Å². The van der Waals surface area contributed by atoms with Crippen molar-refractivity contribution >= 4 is 29.2 Å². The Hall–Kier alpha value is -4.25. The number of halogens is 1. The minimum absolute atomic E-state index is 0.0533. The van der Waals surface area contributed by atoms with Gasteiger partial charge in [0.1, 0.15) is 12.1 Å². The van der Waals surface area contributed by atoms with Gasteiger partial charge in [0.05, 0.1) is 25.4 Å². The van der Waals surface area contributed by atoms with Gasteiger partial charge in [0.25, 0.3) is 0 Å². The second-order valence-corrected chi connectivity index (χ2v) is 10.8. The summed E-state index contributed by atoms with van der Waals surface area (Å²) in [4.78, 5) is 38.4.